The Balaban J connectivity index is 1.47. The zero-order valence-corrected chi connectivity index (χ0v) is 19.3. The van der Waals surface area contributed by atoms with E-state index in [4.69, 9.17) is 0 Å². The SMILES string of the molecule is CC1(C#N)C=CCNC1C1C=CC=C(c2ccccc2-n2c3ccccc3c3ccccc32)C1. The predicted molar refractivity (Wildman–Crippen MR) is 141 cm³/mol. The molecule has 1 N–H and O–H groups in total. The zero-order valence-electron chi connectivity index (χ0n) is 19.3. The van der Waals surface area contributed by atoms with Gasteiger partial charge in [-0.2, -0.15) is 5.26 Å². The van der Waals surface area contributed by atoms with Gasteiger partial charge in [0.25, 0.3) is 0 Å². The number of aromatic nitrogens is 1. The first kappa shape index (κ1) is 20.7. The van der Waals surface area contributed by atoms with Crippen LogP contribution in [0.4, 0.5) is 0 Å². The summed E-state index contributed by atoms with van der Waals surface area (Å²) in [5.74, 6) is 0.251. The Bertz CT molecular complexity index is 1470. The number of rotatable bonds is 3. The molecule has 1 aliphatic heterocycles. The van der Waals surface area contributed by atoms with Crippen molar-refractivity contribution >= 4 is 27.4 Å². The van der Waals surface area contributed by atoms with Gasteiger partial charge in [-0.15, -0.1) is 0 Å². The van der Waals surface area contributed by atoms with Crippen molar-refractivity contribution < 1.29 is 0 Å². The van der Waals surface area contributed by atoms with Gasteiger partial charge in [-0.1, -0.05) is 85.0 Å². The summed E-state index contributed by atoms with van der Waals surface area (Å²) in [6, 6.07) is 28.6. The third kappa shape index (κ3) is 3.22. The largest absolute Gasteiger partial charge is 0.309 e. The highest BCUT2D eigenvalue weighted by Gasteiger charge is 2.39. The van der Waals surface area contributed by atoms with Crippen molar-refractivity contribution in [3.8, 4) is 11.8 Å². The molecule has 3 nitrogen and oxygen atoms in total. The van der Waals surface area contributed by atoms with Gasteiger partial charge < -0.3 is 9.88 Å². The van der Waals surface area contributed by atoms with E-state index in [2.05, 4.69) is 119 Å². The molecule has 0 saturated carbocycles. The third-order valence-electron chi connectivity index (χ3n) is 7.42. The van der Waals surface area contributed by atoms with Crippen molar-refractivity contribution in [2.24, 2.45) is 11.3 Å². The van der Waals surface area contributed by atoms with Gasteiger partial charge in [-0.25, -0.2) is 0 Å². The topological polar surface area (TPSA) is 40.8 Å². The fourth-order valence-electron chi connectivity index (χ4n) is 5.77. The molecule has 3 unspecified atom stereocenters. The Morgan fingerprint density at radius 1 is 0.941 bits per heavy atom. The second-order valence-electron chi connectivity index (χ2n) is 9.51. The van der Waals surface area contributed by atoms with Crippen molar-refractivity contribution in [3.05, 3.63) is 109 Å². The van der Waals surface area contributed by atoms with Crippen molar-refractivity contribution in [2.75, 3.05) is 6.54 Å². The average Bonchev–Trinajstić information content (AvgIpc) is 3.23. The van der Waals surface area contributed by atoms with Crippen LogP contribution >= 0.6 is 0 Å². The van der Waals surface area contributed by atoms with E-state index in [1.807, 2.05) is 6.92 Å². The third-order valence-corrected chi connectivity index (χ3v) is 7.42. The number of para-hydroxylation sites is 3. The lowest BCUT2D eigenvalue weighted by Gasteiger charge is -2.38. The van der Waals surface area contributed by atoms with Gasteiger partial charge in [0, 0.05) is 28.9 Å². The van der Waals surface area contributed by atoms with Crippen molar-refractivity contribution in [1.82, 2.24) is 9.88 Å². The van der Waals surface area contributed by atoms with E-state index in [0.717, 1.165) is 13.0 Å². The Hall–Kier alpha value is -3.87. The normalized spacial score (nSPS) is 24.3. The maximum absolute atomic E-state index is 9.92. The first-order chi connectivity index (χ1) is 16.7. The lowest BCUT2D eigenvalue weighted by molar-refractivity contribution is 0.285. The van der Waals surface area contributed by atoms with Gasteiger partial charge in [-0.05, 0) is 43.0 Å². The molecule has 34 heavy (non-hydrogen) atoms. The van der Waals surface area contributed by atoms with E-state index in [1.165, 1.54) is 38.6 Å². The Morgan fingerprint density at radius 2 is 1.62 bits per heavy atom. The first-order valence-electron chi connectivity index (χ1n) is 12.0. The summed E-state index contributed by atoms with van der Waals surface area (Å²) in [4.78, 5) is 0. The molecule has 2 aliphatic rings. The molecule has 1 aliphatic carbocycles. The summed E-state index contributed by atoms with van der Waals surface area (Å²) in [5.41, 5.74) is 5.67. The minimum Gasteiger partial charge on any atom is -0.309 e. The van der Waals surface area contributed by atoms with Crippen molar-refractivity contribution in [1.29, 1.82) is 5.26 Å². The molecule has 0 saturated heterocycles. The van der Waals surface area contributed by atoms with Crippen molar-refractivity contribution in [3.63, 3.8) is 0 Å². The zero-order chi connectivity index (χ0) is 23.1. The highest BCUT2D eigenvalue weighted by molar-refractivity contribution is 6.09. The maximum atomic E-state index is 9.92. The molecule has 0 bridgehead atoms. The van der Waals surface area contributed by atoms with Crippen LogP contribution in [-0.4, -0.2) is 17.2 Å². The molecular formula is C31H27N3. The molecule has 2 heterocycles. The number of nitrogens with one attached hydrogen (secondary N) is 1. The van der Waals surface area contributed by atoms with E-state index in [0.29, 0.717) is 0 Å². The Kier molecular flexibility index (Phi) is 4.98. The molecule has 0 fully saturated rings. The fraction of sp³-hybridized carbons (Fsp3) is 0.194. The van der Waals surface area contributed by atoms with Crippen LogP contribution in [-0.2, 0) is 0 Å². The summed E-state index contributed by atoms with van der Waals surface area (Å²) in [6.07, 6.45) is 11.7. The van der Waals surface area contributed by atoms with Crippen LogP contribution in [0.25, 0.3) is 33.1 Å². The minimum absolute atomic E-state index is 0.0860. The number of benzene rings is 3. The summed E-state index contributed by atoms with van der Waals surface area (Å²) in [6.45, 7) is 2.85. The molecule has 0 radical (unpaired) electrons. The number of allylic oxidation sites excluding steroid dienone is 3. The quantitative estimate of drug-likeness (QED) is 0.355. The van der Waals surface area contributed by atoms with Gasteiger partial charge >= 0.3 is 0 Å². The van der Waals surface area contributed by atoms with Crippen LogP contribution in [0.1, 0.15) is 18.9 Å². The molecule has 166 valence electrons. The van der Waals surface area contributed by atoms with Gasteiger partial charge in [0.2, 0.25) is 0 Å². The van der Waals surface area contributed by atoms with E-state index in [-0.39, 0.29) is 12.0 Å². The van der Waals surface area contributed by atoms with Crippen LogP contribution in [0, 0.1) is 22.7 Å². The smallest absolute Gasteiger partial charge is 0.0884 e. The van der Waals surface area contributed by atoms with Crippen LogP contribution in [0.2, 0.25) is 0 Å². The summed E-state index contributed by atoms with van der Waals surface area (Å²) in [5, 5.41) is 16.1. The molecule has 0 amide bonds. The van der Waals surface area contributed by atoms with Gasteiger partial charge in [0.15, 0.2) is 0 Å². The molecule has 3 aromatic carbocycles. The number of nitrogens with zero attached hydrogens (tertiary/aromatic N) is 2. The van der Waals surface area contributed by atoms with E-state index >= 15 is 0 Å². The van der Waals surface area contributed by atoms with Gasteiger partial charge in [0.1, 0.15) is 0 Å². The van der Waals surface area contributed by atoms with Crippen LogP contribution in [0.15, 0.2) is 103 Å². The van der Waals surface area contributed by atoms with E-state index in [9.17, 15) is 5.26 Å². The molecule has 4 aromatic rings. The molecule has 6 rings (SSSR count). The van der Waals surface area contributed by atoms with Crippen LogP contribution in [0.3, 0.4) is 0 Å². The molecule has 0 spiro atoms. The highest BCUT2D eigenvalue weighted by atomic mass is 15.0. The first-order valence-corrected chi connectivity index (χ1v) is 12.0. The summed E-state index contributed by atoms with van der Waals surface area (Å²) in [7, 11) is 0. The number of nitriles is 1. The van der Waals surface area contributed by atoms with Crippen molar-refractivity contribution in [2.45, 2.75) is 19.4 Å². The maximum Gasteiger partial charge on any atom is 0.0884 e. The monoisotopic (exact) mass is 441 g/mol. The number of hydrogen-bond acceptors (Lipinski definition) is 2. The highest BCUT2D eigenvalue weighted by Crippen LogP contribution is 2.40. The Morgan fingerprint density at radius 3 is 2.35 bits per heavy atom. The lowest BCUT2D eigenvalue weighted by atomic mass is 9.71. The number of hydrogen-bond donors (Lipinski definition) is 1. The predicted octanol–water partition coefficient (Wildman–Crippen LogP) is 6.80. The lowest BCUT2D eigenvalue weighted by Crippen LogP contribution is -2.49. The average molecular weight is 442 g/mol. The van der Waals surface area contributed by atoms with Crippen LogP contribution in [0.5, 0.6) is 0 Å². The Labute approximate surface area is 200 Å². The van der Waals surface area contributed by atoms with Crippen LogP contribution < -0.4 is 5.32 Å². The summed E-state index contributed by atoms with van der Waals surface area (Å²) < 4.78 is 2.40. The number of fused-ring (bicyclic) bond motifs is 3. The molecule has 1 aromatic heterocycles. The minimum atomic E-state index is -0.512. The van der Waals surface area contributed by atoms with Gasteiger partial charge in [-0.3, -0.25) is 0 Å². The van der Waals surface area contributed by atoms with E-state index in [1.54, 1.807) is 0 Å². The summed E-state index contributed by atoms with van der Waals surface area (Å²) >= 11 is 0. The molecule has 3 atom stereocenters. The fourth-order valence-corrected chi connectivity index (χ4v) is 5.77. The van der Waals surface area contributed by atoms with E-state index < -0.39 is 5.41 Å². The second-order valence-corrected chi connectivity index (χ2v) is 9.51. The van der Waals surface area contributed by atoms with Gasteiger partial charge in [0.05, 0.1) is 28.2 Å². The molecule has 3 heteroatoms. The standard InChI is InChI=1S/C31H27N3/c1-31(21-32)18-9-19-33-30(31)23-11-8-10-22(20-23)24-12-2-5-15-27(24)34-28-16-6-3-13-25(28)26-14-4-7-17-29(26)34/h2-18,23,30,33H,19-20H2,1H3. The second kappa shape index (κ2) is 8.17. The molecular weight excluding hydrogens is 414 g/mol.